The molecule has 0 radical (unpaired) electrons. The Kier molecular flexibility index (Phi) is 3.05. The number of rotatable bonds is 4. The highest BCUT2D eigenvalue weighted by atomic mass is 16.1. The van der Waals surface area contributed by atoms with Crippen molar-refractivity contribution in [1.82, 2.24) is 19.9 Å². The molecule has 2 heterocycles. The summed E-state index contributed by atoms with van der Waals surface area (Å²) in [6.07, 6.45) is 5.66. The predicted octanol–water partition coefficient (Wildman–Crippen LogP) is 0.607. The summed E-state index contributed by atoms with van der Waals surface area (Å²) in [5.41, 5.74) is 0.994. The fourth-order valence-corrected chi connectivity index (χ4v) is 1.44. The van der Waals surface area contributed by atoms with Crippen molar-refractivity contribution >= 4 is 5.91 Å². The van der Waals surface area contributed by atoms with Gasteiger partial charge in [0, 0.05) is 31.3 Å². The van der Waals surface area contributed by atoms with Crippen LogP contribution in [0, 0.1) is 0 Å². The molecule has 0 aromatic carbocycles. The van der Waals surface area contributed by atoms with Crippen molar-refractivity contribution in [3.8, 4) is 0 Å². The van der Waals surface area contributed by atoms with Gasteiger partial charge in [-0.2, -0.15) is 0 Å². The molecule has 5 nitrogen and oxygen atoms in total. The standard InChI is InChI=1S/C11H14N4O/c1-15-6-5-13-10(15)7-11(16)14-8-9-3-2-4-12-9/h2-6,12H,7-8H2,1H3,(H,14,16). The molecule has 2 N–H and O–H groups in total. The van der Waals surface area contributed by atoms with E-state index in [1.54, 1.807) is 6.20 Å². The van der Waals surface area contributed by atoms with E-state index in [0.717, 1.165) is 11.5 Å². The number of hydrogen-bond acceptors (Lipinski definition) is 2. The quantitative estimate of drug-likeness (QED) is 0.789. The molecule has 84 valence electrons. The average Bonchev–Trinajstić information content (AvgIpc) is 2.88. The zero-order valence-electron chi connectivity index (χ0n) is 9.10. The van der Waals surface area contributed by atoms with Crippen molar-refractivity contribution in [1.29, 1.82) is 0 Å². The average molecular weight is 218 g/mol. The van der Waals surface area contributed by atoms with Gasteiger partial charge in [-0.15, -0.1) is 0 Å². The topological polar surface area (TPSA) is 62.7 Å². The highest BCUT2D eigenvalue weighted by Crippen LogP contribution is 1.97. The number of aryl methyl sites for hydroxylation is 1. The molecule has 0 aliphatic carbocycles. The van der Waals surface area contributed by atoms with Crippen molar-refractivity contribution in [2.24, 2.45) is 7.05 Å². The first-order valence-corrected chi connectivity index (χ1v) is 5.11. The molecule has 0 aliphatic rings. The minimum atomic E-state index is -0.0242. The summed E-state index contributed by atoms with van der Waals surface area (Å²) in [5, 5.41) is 2.83. The zero-order valence-corrected chi connectivity index (χ0v) is 9.10. The van der Waals surface area contributed by atoms with Gasteiger partial charge in [-0.05, 0) is 12.1 Å². The molecule has 16 heavy (non-hydrogen) atoms. The van der Waals surface area contributed by atoms with Crippen LogP contribution in [-0.4, -0.2) is 20.4 Å². The summed E-state index contributed by atoms with van der Waals surface area (Å²) in [4.78, 5) is 18.7. The van der Waals surface area contributed by atoms with Gasteiger partial charge in [0.25, 0.3) is 0 Å². The van der Waals surface area contributed by atoms with Crippen molar-refractivity contribution in [3.63, 3.8) is 0 Å². The number of carbonyl (C=O) groups is 1. The van der Waals surface area contributed by atoms with Gasteiger partial charge in [-0.1, -0.05) is 0 Å². The van der Waals surface area contributed by atoms with Crippen LogP contribution in [0.5, 0.6) is 0 Å². The van der Waals surface area contributed by atoms with E-state index in [4.69, 9.17) is 0 Å². The van der Waals surface area contributed by atoms with Crippen LogP contribution in [0.15, 0.2) is 30.7 Å². The minimum Gasteiger partial charge on any atom is -0.364 e. The maximum atomic E-state index is 11.6. The lowest BCUT2D eigenvalue weighted by molar-refractivity contribution is -0.120. The molecule has 0 spiro atoms. The Balaban J connectivity index is 1.83. The molecule has 0 unspecified atom stereocenters. The van der Waals surface area contributed by atoms with Crippen LogP contribution in [0.25, 0.3) is 0 Å². The molecule has 0 bridgehead atoms. The minimum absolute atomic E-state index is 0.0242. The number of amides is 1. The van der Waals surface area contributed by atoms with Crippen molar-refractivity contribution in [3.05, 3.63) is 42.2 Å². The van der Waals surface area contributed by atoms with Crippen molar-refractivity contribution < 1.29 is 4.79 Å². The lowest BCUT2D eigenvalue weighted by Crippen LogP contribution is -2.25. The van der Waals surface area contributed by atoms with E-state index in [9.17, 15) is 4.79 Å². The Hall–Kier alpha value is -2.04. The number of nitrogens with one attached hydrogen (secondary N) is 2. The number of nitrogens with zero attached hydrogens (tertiary/aromatic N) is 2. The summed E-state index contributed by atoms with van der Waals surface area (Å²) in [7, 11) is 1.88. The number of carbonyl (C=O) groups excluding carboxylic acids is 1. The first kappa shape index (κ1) is 10.5. The second-order valence-electron chi connectivity index (χ2n) is 3.60. The second-order valence-corrected chi connectivity index (χ2v) is 3.60. The molecule has 2 aromatic heterocycles. The summed E-state index contributed by atoms with van der Waals surface area (Å²) >= 11 is 0. The molecule has 0 fully saturated rings. The van der Waals surface area contributed by atoms with Crippen LogP contribution in [0.1, 0.15) is 11.5 Å². The predicted molar refractivity (Wildman–Crippen MR) is 59.6 cm³/mol. The summed E-state index contributed by atoms with van der Waals surface area (Å²) < 4.78 is 1.84. The Morgan fingerprint density at radius 1 is 1.62 bits per heavy atom. The van der Waals surface area contributed by atoms with Crippen molar-refractivity contribution in [2.75, 3.05) is 0 Å². The summed E-state index contributed by atoms with van der Waals surface area (Å²) in [6, 6.07) is 3.83. The third kappa shape index (κ3) is 2.50. The molecule has 1 amide bonds. The van der Waals surface area contributed by atoms with Crippen LogP contribution in [0.4, 0.5) is 0 Å². The maximum absolute atomic E-state index is 11.6. The summed E-state index contributed by atoms with van der Waals surface area (Å²) in [6.45, 7) is 0.524. The fraction of sp³-hybridized carbons (Fsp3) is 0.273. The lowest BCUT2D eigenvalue weighted by atomic mass is 10.3. The van der Waals surface area contributed by atoms with E-state index >= 15 is 0 Å². The van der Waals surface area contributed by atoms with Gasteiger partial charge in [-0.25, -0.2) is 4.98 Å². The van der Waals surface area contributed by atoms with Gasteiger partial charge < -0.3 is 14.9 Å². The number of imidazole rings is 1. The van der Waals surface area contributed by atoms with Gasteiger partial charge in [0.1, 0.15) is 5.82 Å². The molecule has 0 saturated heterocycles. The van der Waals surface area contributed by atoms with Gasteiger partial charge in [-0.3, -0.25) is 4.79 Å². The number of hydrogen-bond donors (Lipinski definition) is 2. The fourth-order valence-electron chi connectivity index (χ4n) is 1.44. The number of H-pyrrole nitrogens is 1. The van der Waals surface area contributed by atoms with Crippen LogP contribution >= 0.6 is 0 Å². The Bertz CT molecular complexity index is 458. The Labute approximate surface area is 93.5 Å². The molecule has 5 heteroatoms. The number of aromatic nitrogens is 3. The van der Waals surface area contributed by atoms with Crippen LogP contribution in [0.2, 0.25) is 0 Å². The first-order valence-electron chi connectivity index (χ1n) is 5.11. The van der Waals surface area contributed by atoms with Gasteiger partial charge in [0.2, 0.25) is 5.91 Å². The summed E-state index contributed by atoms with van der Waals surface area (Å²) in [5.74, 6) is 0.743. The van der Waals surface area contributed by atoms with Gasteiger partial charge in [0.15, 0.2) is 0 Å². The van der Waals surface area contributed by atoms with E-state index in [2.05, 4.69) is 15.3 Å². The smallest absolute Gasteiger partial charge is 0.227 e. The number of aromatic amines is 1. The van der Waals surface area contributed by atoms with E-state index in [-0.39, 0.29) is 5.91 Å². The SMILES string of the molecule is Cn1ccnc1CC(=O)NCc1ccc[nH]1. The highest BCUT2D eigenvalue weighted by Gasteiger charge is 2.06. The third-order valence-electron chi connectivity index (χ3n) is 2.38. The second kappa shape index (κ2) is 4.65. The first-order chi connectivity index (χ1) is 7.75. The van der Waals surface area contributed by atoms with E-state index in [0.29, 0.717) is 13.0 Å². The van der Waals surface area contributed by atoms with Crippen LogP contribution in [0.3, 0.4) is 0 Å². The van der Waals surface area contributed by atoms with Gasteiger partial charge >= 0.3 is 0 Å². The molecule has 2 rings (SSSR count). The molecular weight excluding hydrogens is 204 g/mol. The van der Waals surface area contributed by atoms with Crippen molar-refractivity contribution in [2.45, 2.75) is 13.0 Å². The molecule has 2 aromatic rings. The van der Waals surface area contributed by atoms with Crippen LogP contribution in [-0.2, 0) is 24.8 Å². The largest absolute Gasteiger partial charge is 0.364 e. The molecule has 0 aliphatic heterocycles. The zero-order chi connectivity index (χ0) is 11.4. The lowest BCUT2D eigenvalue weighted by Gasteiger charge is -2.03. The van der Waals surface area contributed by atoms with E-state index in [1.807, 2.05) is 36.1 Å². The van der Waals surface area contributed by atoms with E-state index in [1.165, 1.54) is 0 Å². The van der Waals surface area contributed by atoms with E-state index < -0.39 is 0 Å². The Morgan fingerprint density at radius 2 is 2.50 bits per heavy atom. The third-order valence-corrected chi connectivity index (χ3v) is 2.38. The molecule has 0 atom stereocenters. The monoisotopic (exact) mass is 218 g/mol. The normalized spacial score (nSPS) is 10.3. The Morgan fingerprint density at radius 3 is 3.12 bits per heavy atom. The maximum Gasteiger partial charge on any atom is 0.227 e. The molecular formula is C11H14N4O. The van der Waals surface area contributed by atoms with Gasteiger partial charge in [0.05, 0.1) is 13.0 Å². The van der Waals surface area contributed by atoms with Crippen LogP contribution < -0.4 is 5.32 Å². The molecule has 0 saturated carbocycles. The highest BCUT2D eigenvalue weighted by molar-refractivity contribution is 5.77.